The first-order chi connectivity index (χ1) is 24.8. The Kier molecular flexibility index (Phi) is 12.1. The summed E-state index contributed by atoms with van der Waals surface area (Å²) in [6.45, 7) is 29.7. The average Bonchev–Trinajstić information content (AvgIpc) is 3.12. The third-order valence-corrected chi connectivity index (χ3v) is 10.3. The number of pyridine rings is 2. The second-order valence-electron chi connectivity index (χ2n) is 15.7. The zero-order valence-corrected chi connectivity index (χ0v) is 33.9. The molecule has 0 aliphatic heterocycles. The Hall–Kier alpha value is -4.70. The zero-order chi connectivity index (χ0) is 37.9. The molecule has 5 rings (SSSR count). The molecule has 0 saturated carbocycles. The lowest BCUT2D eigenvalue weighted by molar-refractivity contribution is 0.810. The summed E-state index contributed by atoms with van der Waals surface area (Å²) in [6, 6.07) is 27.0. The highest BCUT2D eigenvalue weighted by Gasteiger charge is 2.28. The van der Waals surface area contributed by atoms with Crippen LogP contribution >= 0.6 is 0 Å². The first-order valence-corrected chi connectivity index (χ1v) is 19.3. The maximum atomic E-state index is 4.76. The van der Waals surface area contributed by atoms with Gasteiger partial charge >= 0.3 is 11.6 Å². The van der Waals surface area contributed by atoms with Crippen molar-refractivity contribution in [2.45, 2.75) is 120 Å². The molecule has 0 unspecified atom stereocenters. The molecule has 0 aliphatic rings. The number of hydrogen-bond acceptors (Lipinski definition) is 2. The van der Waals surface area contributed by atoms with Gasteiger partial charge in [0.1, 0.15) is 23.8 Å². The van der Waals surface area contributed by atoms with E-state index in [-0.39, 0.29) is 0 Å². The van der Waals surface area contributed by atoms with Crippen LogP contribution in [0.5, 0.6) is 0 Å². The summed E-state index contributed by atoms with van der Waals surface area (Å²) >= 11 is 0. The molecule has 0 N–H and O–H groups in total. The first-order valence-electron chi connectivity index (χ1n) is 19.3. The van der Waals surface area contributed by atoms with Gasteiger partial charge in [-0.3, -0.25) is 0 Å². The van der Waals surface area contributed by atoms with Gasteiger partial charge in [-0.1, -0.05) is 93.5 Å². The third-order valence-electron chi connectivity index (χ3n) is 10.3. The van der Waals surface area contributed by atoms with E-state index in [1.807, 2.05) is 24.5 Å². The lowest BCUT2D eigenvalue weighted by atomic mass is 9.82. The van der Waals surface area contributed by atoms with E-state index < -0.39 is 0 Å². The van der Waals surface area contributed by atoms with Crippen LogP contribution in [-0.4, -0.2) is 22.4 Å². The van der Waals surface area contributed by atoms with Gasteiger partial charge in [0, 0.05) is 34.4 Å². The summed E-state index contributed by atoms with van der Waals surface area (Å²) in [5, 5.41) is 0. The van der Waals surface area contributed by atoms with E-state index in [4.69, 9.17) is 9.97 Å². The fourth-order valence-corrected chi connectivity index (χ4v) is 7.40. The minimum Gasteiger partial charge on any atom is -0.200 e. The van der Waals surface area contributed by atoms with Crippen LogP contribution in [0.3, 0.4) is 0 Å². The monoisotopic (exact) mass is 692 g/mol. The summed E-state index contributed by atoms with van der Waals surface area (Å²) in [5.41, 5.74) is 15.7. The number of aromatic nitrogens is 2. The summed E-state index contributed by atoms with van der Waals surface area (Å²) in [5.74, 6) is 3.53. The van der Waals surface area contributed by atoms with Crippen molar-refractivity contribution in [1.82, 2.24) is 19.1 Å². The SMILES string of the molecule is CC=[N+](c1ccccn1)c1c(C(C)C)cc(-c2cc(C(C)C)cc(-c3cc(C(C)C)c([N+](=CC)c4ccccn4)c(C(C)C)c3)c2C)cc1C(C)C. The Balaban J connectivity index is 1.81. The lowest BCUT2D eigenvalue weighted by Gasteiger charge is -2.24. The molecule has 2 heterocycles. The molecule has 270 valence electrons. The highest BCUT2D eigenvalue weighted by molar-refractivity contribution is 5.85. The fraction of sp³-hybridized carbons (Fsp3) is 0.375. The molecule has 3 aromatic carbocycles. The standard InChI is InChI=1S/C48H60N4/c1-14-51(45-20-16-18-22-49-45)47-39(31(5)6)26-37(27-40(47)32(7)8)43-24-36(30(3)4)25-44(35(43)13)38-28-41(33(9)10)48(42(29-38)34(11)12)52(15-2)46-21-17-19-23-50-46/h14-34H,1-13H3/q+2. The van der Waals surface area contributed by atoms with Crippen LogP contribution in [0.25, 0.3) is 22.3 Å². The fourth-order valence-electron chi connectivity index (χ4n) is 7.40. The maximum Gasteiger partial charge on any atom is 0.327 e. The molecule has 4 nitrogen and oxygen atoms in total. The van der Waals surface area contributed by atoms with Crippen molar-refractivity contribution >= 4 is 35.4 Å². The van der Waals surface area contributed by atoms with E-state index in [1.54, 1.807) is 0 Å². The third kappa shape index (κ3) is 7.72. The summed E-state index contributed by atoms with van der Waals surface area (Å²) in [6.07, 6.45) is 8.08. The second kappa shape index (κ2) is 16.3. The molecule has 5 aromatic rings. The van der Waals surface area contributed by atoms with Crippen molar-refractivity contribution in [1.29, 1.82) is 0 Å². The van der Waals surface area contributed by atoms with Gasteiger partial charge in [0.15, 0.2) is 0 Å². The molecule has 0 saturated heterocycles. The molecule has 0 fully saturated rings. The topological polar surface area (TPSA) is 31.8 Å². The van der Waals surface area contributed by atoms with Crippen molar-refractivity contribution in [3.8, 4) is 22.3 Å². The van der Waals surface area contributed by atoms with E-state index in [9.17, 15) is 0 Å². The Morgan fingerprint density at radius 2 is 0.827 bits per heavy atom. The van der Waals surface area contributed by atoms with E-state index in [0.717, 1.165) is 11.6 Å². The van der Waals surface area contributed by atoms with E-state index >= 15 is 0 Å². The van der Waals surface area contributed by atoms with Crippen molar-refractivity contribution in [2.24, 2.45) is 0 Å². The van der Waals surface area contributed by atoms with Crippen LogP contribution < -0.4 is 9.15 Å². The van der Waals surface area contributed by atoms with Gasteiger partial charge in [0.2, 0.25) is 0 Å². The van der Waals surface area contributed by atoms with E-state index in [2.05, 4.69) is 172 Å². The molecule has 0 bridgehead atoms. The molecule has 0 radical (unpaired) electrons. The normalized spacial score (nSPS) is 12.7. The minimum absolute atomic E-state index is 0.318. The predicted molar refractivity (Wildman–Crippen MR) is 227 cm³/mol. The maximum absolute atomic E-state index is 4.76. The molecule has 0 aliphatic carbocycles. The van der Waals surface area contributed by atoms with Gasteiger partial charge in [0.05, 0.1) is 12.4 Å². The van der Waals surface area contributed by atoms with Crippen molar-refractivity contribution in [3.63, 3.8) is 0 Å². The largest absolute Gasteiger partial charge is 0.327 e. The highest BCUT2D eigenvalue weighted by Crippen LogP contribution is 2.45. The van der Waals surface area contributed by atoms with Gasteiger partial charge in [-0.2, -0.15) is 0 Å². The molecular formula is C48H60N4+2. The van der Waals surface area contributed by atoms with Gasteiger partial charge in [-0.15, -0.1) is 0 Å². The first kappa shape index (κ1) is 38.5. The highest BCUT2D eigenvalue weighted by atomic mass is 15.1. The molecule has 52 heavy (non-hydrogen) atoms. The molecule has 0 spiro atoms. The molecule has 0 amide bonds. The zero-order valence-electron chi connectivity index (χ0n) is 33.9. The lowest BCUT2D eigenvalue weighted by Crippen LogP contribution is -2.13. The summed E-state index contributed by atoms with van der Waals surface area (Å²) in [7, 11) is 0. The smallest absolute Gasteiger partial charge is 0.200 e. The Labute approximate surface area is 314 Å². The number of rotatable bonds is 11. The molecular weight excluding hydrogens is 633 g/mol. The predicted octanol–water partition coefficient (Wildman–Crippen LogP) is 13.6. The number of hydrogen-bond donors (Lipinski definition) is 0. The Bertz CT molecular complexity index is 1880. The minimum atomic E-state index is 0.318. The van der Waals surface area contributed by atoms with Crippen molar-refractivity contribution < 1.29 is 0 Å². The van der Waals surface area contributed by atoms with Crippen LogP contribution in [0.1, 0.15) is 146 Å². The molecule has 2 aromatic heterocycles. The quantitative estimate of drug-likeness (QED) is 0.102. The van der Waals surface area contributed by atoms with Gasteiger partial charge < -0.3 is 0 Å². The number of benzene rings is 3. The van der Waals surface area contributed by atoms with Crippen LogP contribution in [-0.2, 0) is 0 Å². The average molecular weight is 693 g/mol. The Morgan fingerprint density at radius 3 is 1.08 bits per heavy atom. The summed E-state index contributed by atoms with van der Waals surface area (Å²) < 4.78 is 4.56. The van der Waals surface area contributed by atoms with Crippen LogP contribution in [0.4, 0.5) is 23.0 Å². The molecule has 0 atom stereocenters. The van der Waals surface area contributed by atoms with Gasteiger partial charge in [-0.05, 0) is 130 Å². The Morgan fingerprint density at radius 1 is 0.481 bits per heavy atom. The van der Waals surface area contributed by atoms with Crippen LogP contribution in [0, 0.1) is 6.92 Å². The molecule has 4 heteroatoms. The second-order valence-corrected chi connectivity index (χ2v) is 15.7. The van der Waals surface area contributed by atoms with Gasteiger partial charge in [0.25, 0.3) is 0 Å². The van der Waals surface area contributed by atoms with Crippen LogP contribution in [0.2, 0.25) is 0 Å². The van der Waals surface area contributed by atoms with E-state index in [0.29, 0.717) is 29.6 Å². The summed E-state index contributed by atoms with van der Waals surface area (Å²) in [4.78, 5) is 9.53. The van der Waals surface area contributed by atoms with Crippen molar-refractivity contribution in [2.75, 3.05) is 0 Å². The van der Waals surface area contributed by atoms with E-state index in [1.165, 1.54) is 67.0 Å². The number of nitrogens with zero attached hydrogens (tertiary/aromatic N) is 4. The van der Waals surface area contributed by atoms with Crippen LogP contribution in [0.15, 0.2) is 85.2 Å². The van der Waals surface area contributed by atoms with Crippen molar-refractivity contribution in [3.05, 3.63) is 119 Å². The van der Waals surface area contributed by atoms with Gasteiger partial charge in [-0.25, -0.2) is 9.15 Å².